The normalized spacial score (nSPS) is 18.4. The van der Waals surface area contributed by atoms with E-state index in [0.29, 0.717) is 51.4 Å². The third-order valence-corrected chi connectivity index (χ3v) is 19.3. The Morgan fingerprint density at radius 2 is 1.47 bits per heavy atom. The highest BCUT2D eigenvalue weighted by molar-refractivity contribution is 7.99. The molecule has 16 nitrogen and oxygen atoms in total. The number of thioether (sulfide) groups is 1. The summed E-state index contributed by atoms with van der Waals surface area (Å²) >= 11 is 7.83. The van der Waals surface area contributed by atoms with Gasteiger partial charge in [-0.2, -0.15) is 0 Å². The minimum absolute atomic E-state index is 0.113. The Hall–Kier alpha value is -4.27. The van der Waals surface area contributed by atoms with E-state index in [0.717, 1.165) is 79.9 Å². The van der Waals surface area contributed by atoms with Gasteiger partial charge in [0.1, 0.15) is 0 Å². The maximum atomic E-state index is 13.8. The minimum Gasteiger partial charge on any atom is -0.438 e. The SMILES string of the molecule is CC1(C)CCC(c2ccc(Cl)cc2)=C(CN2CCN(c3ccc(C(=O)NS(=O)(=O)c4ccc(N[C@H](CCN5CCN(CCP(=O)(O)OCOC(=O)C(C)(C)C)CC5)CSc5ccccc5)c(S(C)(=O)=O)c4)cc3)CC2)C1. The number of anilines is 2. The molecule has 3 aliphatic rings. The Kier molecular flexibility index (Phi) is 20.1. The quantitative estimate of drug-likeness (QED) is 0.0292. The zero-order chi connectivity index (χ0) is 54.9. The average Bonchev–Trinajstić information content (AvgIpc) is 3.37. The van der Waals surface area contributed by atoms with Crippen molar-refractivity contribution < 1.29 is 45.1 Å². The summed E-state index contributed by atoms with van der Waals surface area (Å²) in [5.41, 5.74) is 4.95. The number of esters is 1. The molecule has 1 unspecified atom stereocenters. The van der Waals surface area contributed by atoms with Crippen LogP contribution in [-0.2, 0) is 38.5 Å². The topological polar surface area (TPSA) is 195 Å². The summed E-state index contributed by atoms with van der Waals surface area (Å²) in [4.78, 5) is 45.4. The first-order chi connectivity index (χ1) is 35.8. The maximum absolute atomic E-state index is 13.8. The number of benzene rings is 4. The highest BCUT2D eigenvalue weighted by Gasteiger charge is 2.31. The van der Waals surface area contributed by atoms with Crippen LogP contribution in [0.5, 0.6) is 0 Å². The van der Waals surface area contributed by atoms with Gasteiger partial charge in [-0.3, -0.25) is 23.6 Å². The van der Waals surface area contributed by atoms with Crippen LogP contribution < -0.4 is 14.9 Å². The minimum atomic E-state index is -4.50. The van der Waals surface area contributed by atoms with Crippen molar-refractivity contribution in [2.75, 3.05) is 107 Å². The smallest absolute Gasteiger partial charge is 0.332 e. The summed E-state index contributed by atoms with van der Waals surface area (Å²) in [5, 5.41) is 4.15. The summed E-state index contributed by atoms with van der Waals surface area (Å²) in [6, 6.07) is 28.4. The number of nitrogens with zero attached hydrogens (tertiary/aromatic N) is 4. The van der Waals surface area contributed by atoms with Crippen molar-refractivity contribution in [3.8, 4) is 0 Å². The number of nitrogens with one attached hydrogen (secondary N) is 2. The van der Waals surface area contributed by atoms with Crippen molar-refractivity contribution in [3.05, 3.63) is 119 Å². The number of sulfonamides is 1. The number of hydrogen-bond donors (Lipinski definition) is 3. The van der Waals surface area contributed by atoms with E-state index < -0.39 is 51.5 Å². The van der Waals surface area contributed by atoms with E-state index in [-0.39, 0.29) is 38.7 Å². The Bertz CT molecular complexity index is 2940. The number of amides is 1. The Morgan fingerprint density at radius 1 is 0.842 bits per heavy atom. The van der Waals surface area contributed by atoms with Crippen LogP contribution in [0.4, 0.5) is 11.4 Å². The molecule has 3 N–H and O–H groups in total. The highest BCUT2D eigenvalue weighted by atomic mass is 35.5. The van der Waals surface area contributed by atoms with Crippen LogP contribution >= 0.6 is 31.0 Å². The van der Waals surface area contributed by atoms with E-state index in [2.05, 4.69) is 55.6 Å². The lowest BCUT2D eigenvalue weighted by molar-refractivity contribution is -0.159. The molecule has 0 aromatic heterocycles. The number of carbonyl (C=O) groups is 2. The fourth-order valence-corrected chi connectivity index (χ4v) is 13.5. The first-order valence-corrected chi connectivity index (χ1v) is 32.3. The van der Waals surface area contributed by atoms with Crippen LogP contribution in [0.1, 0.15) is 76.2 Å². The summed E-state index contributed by atoms with van der Waals surface area (Å²) in [6.07, 6.45) is 4.75. The first kappa shape index (κ1) is 59.4. The molecule has 414 valence electrons. The average molecular weight is 1140 g/mol. The van der Waals surface area contributed by atoms with E-state index >= 15 is 0 Å². The zero-order valence-corrected chi connectivity index (χ0v) is 48.6. The molecule has 0 bridgehead atoms. The fraction of sp³-hybridized carbons (Fsp3) is 0.491. The van der Waals surface area contributed by atoms with Gasteiger partial charge < -0.3 is 29.6 Å². The molecule has 0 radical (unpaired) electrons. The molecular weight excluding hydrogens is 1070 g/mol. The van der Waals surface area contributed by atoms with E-state index in [1.54, 1.807) is 44.7 Å². The summed E-state index contributed by atoms with van der Waals surface area (Å²) in [5.74, 6) is -0.797. The van der Waals surface area contributed by atoms with Crippen molar-refractivity contribution in [1.29, 1.82) is 0 Å². The van der Waals surface area contributed by atoms with Crippen molar-refractivity contribution >= 4 is 79.6 Å². The first-order valence-electron chi connectivity index (χ1n) is 25.8. The molecule has 2 heterocycles. The second-order valence-electron chi connectivity index (χ2n) is 21.8. The van der Waals surface area contributed by atoms with Gasteiger partial charge in [0.2, 0.25) is 6.79 Å². The van der Waals surface area contributed by atoms with Gasteiger partial charge in [0.15, 0.2) is 9.84 Å². The van der Waals surface area contributed by atoms with Crippen LogP contribution in [0.15, 0.2) is 117 Å². The summed E-state index contributed by atoms with van der Waals surface area (Å²) in [7, 11) is -12.5. The van der Waals surface area contributed by atoms with Gasteiger partial charge in [-0.15, -0.1) is 11.8 Å². The van der Waals surface area contributed by atoms with E-state index in [9.17, 15) is 35.9 Å². The number of halogens is 1. The number of rotatable bonds is 22. The molecule has 1 aliphatic carbocycles. The van der Waals surface area contributed by atoms with Crippen molar-refractivity contribution in [3.63, 3.8) is 0 Å². The molecule has 2 saturated heterocycles. The van der Waals surface area contributed by atoms with Gasteiger partial charge in [-0.1, -0.05) is 61.4 Å². The predicted molar refractivity (Wildman–Crippen MR) is 304 cm³/mol. The van der Waals surface area contributed by atoms with E-state index in [1.807, 2.05) is 54.6 Å². The van der Waals surface area contributed by atoms with Crippen LogP contribution in [0.25, 0.3) is 5.57 Å². The third-order valence-electron chi connectivity index (χ3n) is 14.1. The van der Waals surface area contributed by atoms with Gasteiger partial charge in [0.25, 0.3) is 15.9 Å². The van der Waals surface area contributed by atoms with Gasteiger partial charge in [0.05, 0.1) is 27.1 Å². The monoisotopic (exact) mass is 1140 g/mol. The van der Waals surface area contributed by atoms with Crippen LogP contribution in [0, 0.1) is 10.8 Å². The maximum Gasteiger partial charge on any atom is 0.332 e. The summed E-state index contributed by atoms with van der Waals surface area (Å²) < 4.78 is 79.1. The summed E-state index contributed by atoms with van der Waals surface area (Å²) in [6.45, 7) is 17.0. The fourth-order valence-electron chi connectivity index (χ4n) is 9.57. The Balaban J connectivity index is 0.935. The predicted octanol–water partition coefficient (Wildman–Crippen LogP) is 8.98. The number of sulfone groups is 1. The number of piperazine rings is 2. The lowest BCUT2D eigenvalue weighted by Gasteiger charge is -2.39. The molecule has 21 heteroatoms. The third kappa shape index (κ3) is 17.4. The largest absolute Gasteiger partial charge is 0.438 e. The molecule has 2 atom stereocenters. The molecular formula is C55H74ClN6O10PS3. The van der Waals surface area contributed by atoms with E-state index in [4.69, 9.17) is 20.9 Å². The molecule has 0 saturated carbocycles. The van der Waals surface area contributed by atoms with Gasteiger partial charge >= 0.3 is 13.6 Å². The Labute approximate surface area is 459 Å². The number of hydrogen-bond acceptors (Lipinski definition) is 15. The molecule has 4 aromatic rings. The number of allylic oxidation sites excluding steroid dienone is 1. The molecule has 76 heavy (non-hydrogen) atoms. The lowest BCUT2D eigenvalue weighted by Crippen LogP contribution is -2.48. The molecule has 2 aliphatic heterocycles. The molecule has 4 aromatic carbocycles. The van der Waals surface area contributed by atoms with Crippen LogP contribution in [0.2, 0.25) is 5.02 Å². The second kappa shape index (κ2) is 25.7. The highest BCUT2D eigenvalue weighted by Crippen LogP contribution is 2.44. The standard InChI is InChI=1S/C55H74ClN6O10PS3/c1-54(2,3)53(64)71-40-72-73(65,66)35-34-60-28-26-59(27-29-60)25-23-45(39-74-47-10-8-7-9-11-47)57-50-21-20-48(36-51(50)75(6,67)68)76(69,70)58-52(63)42-14-18-46(19-15-42)62-32-30-61(31-33-62)38-43-37-55(4,5)24-22-49(43)41-12-16-44(56)17-13-41/h7-21,36,45,57H,22-35,37-40H2,1-6H3,(H,58,63)(H,65,66)/t45-/m1/s1. The zero-order valence-electron chi connectivity index (χ0n) is 44.5. The van der Waals surface area contributed by atoms with Gasteiger partial charge in [-0.05, 0) is 130 Å². The number of ether oxygens (including phenoxy) is 1. The Morgan fingerprint density at radius 3 is 2.11 bits per heavy atom. The van der Waals surface area contributed by atoms with Crippen LogP contribution in [0.3, 0.4) is 0 Å². The van der Waals surface area contributed by atoms with Crippen molar-refractivity contribution in [2.24, 2.45) is 10.8 Å². The second-order valence-corrected chi connectivity index (χ2v) is 29.0. The number of carbonyl (C=O) groups excluding carboxylic acids is 2. The van der Waals surface area contributed by atoms with Gasteiger partial charge in [0, 0.05) is 111 Å². The molecule has 7 rings (SSSR count). The van der Waals surface area contributed by atoms with Crippen molar-refractivity contribution in [1.82, 2.24) is 19.4 Å². The molecule has 2 fully saturated rings. The lowest BCUT2D eigenvalue weighted by atomic mass is 9.73. The van der Waals surface area contributed by atoms with Crippen LogP contribution in [-0.4, -0.2) is 151 Å². The van der Waals surface area contributed by atoms with Gasteiger partial charge in [-0.25, -0.2) is 21.6 Å². The molecule has 0 spiro atoms. The van der Waals surface area contributed by atoms with Crippen molar-refractivity contribution in [2.45, 2.75) is 81.0 Å². The molecule has 1 amide bonds. The van der Waals surface area contributed by atoms with E-state index in [1.165, 1.54) is 28.8 Å².